The summed E-state index contributed by atoms with van der Waals surface area (Å²) < 4.78 is 13.4. The number of hydrogen-bond acceptors (Lipinski definition) is 3. The van der Waals surface area contributed by atoms with Gasteiger partial charge in [-0.2, -0.15) is 0 Å². The normalized spacial score (nSPS) is 10.3. The SMILES string of the molecule is CCN(Cc1ccncc1)C(=O)c1cccc(F)c1N. The van der Waals surface area contributed by atoms with Gasteiger partial charge in [0.1, 0.15) is 5.82 Å². The van der Waals surface area contributed by atoms with Gasteiger partial charge >= 0.3 is 0 Å². The molecule has 0 fully saturated rings. The predicted octanol–water partition coefficient (Wildman–Crippen LogP) is 2.47. The van der Waals surface area contributed by atoms with E-state index in [1.807, 2.05) is 19.1 Å². The van der Waals surface area contributed by atoms with Crippen molar-refractivity contribution in [2.75, 3.05) is 12.3 Å². The van der Waals surface area contributed by atoms with Crippen LogP contribution in [-0.2, 0) is 6.54 Å². The zero-order valence-corrected chi connectivity index (χ0v) is 11.2. The van der Waals surface area contributed by atoms with Crippen LogP contribution in [0.15, 0.2) is 42.7 Å². The van der Waals surface area contributed by atoms with Crippen LogP contribution in [0.3, 0.4) is 0 Å². The molecule has 0 bridgehead atoms. The summed E-state index contributed by atoms with van der Waals surface area (Å²) >= 11 is 0. The Morgan fingerprint density at radius 1 is 1.30 bits per heavy atom. The van der Waals surface area contributed by atoms with E-state index in [1.54, 1.807) is 17.3 Å². The number of nitrogens with zero attached hydrogens (tertiary/aromatic N) is 2. The van der Waals surface area contributed by atoms with Crippen molar-refractivity contribution >= 4 is 11.6 Å². The number of carbonyl (C=O) groups excluding carboxylic acids is 1. The summed E-state index contributed by atoms with van der Waals surface area (Å²) in [7, 11) is 0. The van der Waals surface area contributed by atoms with Gasteiger partial charge in [0.15, 0.2) is 0 Å². The van der Waals surface area contributed by atoms with Crippen molar-refractivity contribution in [1.29, 1.82) is 0 Å². The molecule has 1 amide bonds. The van der Waals surface area contributed by atoms with Crippen molar-refractivity contribution in [2.24, 2.45) is 0 Å². The van der Waals surface area contributed by atoms with E-state index in [-0.39, 0.29) is 17.2 Å². The van der Waals surface area contributed by atoms with Crippen molar-refractivity contribution in [3.05, 3.63) is 59.7 Å². The van der Waals surface area contributed by atoms with Crippen molar-refractivity contribution in [3.8, 4) is 0 Å². The van der Waals surface area contributed by atoms with Crippen LogP contribution in [0, 0.1) is 5.82 Å². The fraction of sp³-hybridized carbons (Fsp3) is 0.200. The molecule has 0 unspecified atom stereocenters. The van der Waals surface area contributed by atoms with Gasteiger partial charge in [-0.05, 0) is 36.8 Å². The lowest BCUT2D eigenvalue weighted by Gasteiger charge is -2.21. The van der Waals surface area contributed by atoms with Gasteiger partial charge in [0, 0.05) is 25.5 Å². The van der Waals surface area contributed by atoms with E-state index in [2.05, 4.69) is 4.98 Å². The fourth-order valence-corrected chi connectivity index (χ4v) is 1.93. The number of hydrogen-bond donors (Lipinski definition) is 1. The second kappa shape index (κ2) is 6.14. The first-order chi connectivity index (χ1) is 9.63. The van der Waals surface area contributed by atoms with Gasteiger partial charge in [-0.3, -0.25) is 9.78 Å². The number of nitrogens with two attached hydrogens (primary N) is 1. The lowest BCUT2D eigenvalue weighted by molar-refractivity contribution is 0.0753. The topological polar surface area (TPSA) is 59.2 Å². The average Bonchev–Trinajstić information content (AvgIpc) is 2.48. The predicted molar refractivity (Wildman–Crippen MR) is 75.5 cm³/mol. The zero-order valence-electron chi connectivity index (χ0n) is 11.2. The summed E-state index contributed by atoms with van der Waals surface area (Å²) in [6.45, 7) is 2.82. The average molecular weight is 273 g/mol. The second-order valence-corrected chi connectivity index (χ2v) is 4.38. The Hall–Kier alpha value is -2.43. The summed E-state index contributed by atoms with van der Waals surface area (Å²) in [4.78, 5) is 18.0. The molecular weight excluding hydrogens is 257 g/mol. The Balaban J connectivity index is 2.23. The Labute approximate surface area is 117 Å². The van der Waals surface area contributed by atoms with Gasteiger partial charge in [-0.1, -0.05) is 6.07 Å². The van der Waals surface area contributed by atoms with Crippen LogP contribution in [0.1, 0.15) is 22.8 Å². The third-order valence-electron chi connectivity index (χ3n) is 3.08. The van der Waals surface area contributed by atoms with Crippen LogP contribution < -0.4 is 5.73 Å². The zero-order chi connectivity index (χ0) is 14.5. The number of nitrogen functional groups attached to an aromatic ring is 1. The number of halogens is 1. The Morgan fingerprint density at radius 3 is 2.65 bits per heavy atom. The fourth-order valence-electron chi connectivity index (χ4n) is 1.93. The molecular formula is C15H16FN3O. The third-order valence-corrected chi connectivity index (χ3v) is 3.08. The first-order valence-electron chi connectivity index (χ1n) is 6.35. The van der Waals surface area contributed by atoms with Crippen LogP contribution in [0.4, 0.5) is 10.1 Å². The highest BCUT2D eigenvalue weighted by Crippen LogP contribution is 2.18. The van der Waals surface area contributed by atoms with E-state index in [9.17, 15) is 9.18 Å². The molecule has 1 aromatic heterocycles. The molecule has 0 aliphatic heterocycles. The minimum Gasteiger partial charge on any atom is -0.396 e. The summed E-state index contributed by atoms with van der Waals surface area (Å²) in [6.07, 6.45) is 3.34. The molecule has 2 aromatic rings. The molecule has 0 aliphatic carbocycles. The standard InChI is InChI=1S/C15H16FN3O/c1-2-19(10-11-6-8-18-9-7-11)15(20)12-4-3-5-13(16)14(12)17/h3-9H,2,10,17H2,1H3. The van der Waals surface area contributed by atoms with E-state index >= 15 is 0 Å². The molecule has 0 saturated heterocycles. The minimum absolute atomic E-state index is 0.106. The highest BCUT2D eigenvalue weighted by molar-refractivity contribution is 5.99. The van der Waals surface area contributed by atoms with Gasteiger partial charge in [0.2, 0.25) is 0 Å². The van der Waals surface area contributed by atoms with E-state index in [0.29, 0.717) is 13.1 Å². The monoisotopic (exact) mass is 273 g/mol. The van der Waals surface area contributed by atoms with E-state index in [4.69, 9.17) is 5.73 Å². The lowest BCUT2D eigenvalue weighted by Crippen LogP contribution is -2.31. The molecule has 5 heteroatoms. The molecule has 1 heterocycles. The van der Waals surface area contributed by atoms with Gasteiger partial charge in [0.05, 0.1) is 11.3 Å². The molecule has 0 saturated carbocycles. The number of amides is 1. The van der Waals surface area contributed by atoms with Crippen molar-refractivity contribution in [1.82, 2.24) is 9.88 Å². The molecule has 2 N–H and O–H groups in total. The summed E-state index contributed by atoms with van der Waals surface area (Å²) in [5.41, 5.74) is 6.69. The number of anilines is 1. The van der Waals surface area contributed by atoms with E-state index in [0.717, 1.165) is 5.56 Å². The maximum Gasteiger partial charge on any atom is 0.256 e. The van der Waals surface area contributed by atoms with E-state index < -0.39 is 5.82 Å². The maximum atomic E-state index is 13.4. The highest BCUT2D eigenvalue weighted by Gasteiger charge is 2.18. The Bertz CT molecular complexity index is 601. The number of benzene rings is 1. The smallest absolute Gasteiger partial charge is 0.256 e. The molecule has 4 nitrogen and oxygen atoms in total. The molecule has 2 rings (SSSR count). The second-order valence-electron chi connectivity index (χ2n) is 4.38. The third kappa shape index (κ3) is 2.93. The van der Waals surface area contributed by atoms with Crippen molar-refractivity contribution in [2.45, 2.75) is 13.5 Å². The van der Waals surface area contributed by atoms with Gasteiger partial charge in [-0.15, -0.1) is 0 Å². The number of pyridine rings is 1. The first kappa shape index (κ1) is 14.0. The van der Waals surface area contributed by atoms with Crippen LogP contribution in [0.2, 0.25) is 0 Å². The van der Waals surface area contributed by atoms with Crippen molar-refractivity contribution < 1.29 is 9.18 Å². The number of rotatable bonds is 4. The number of aromatic nitrogens is 1. The lowest BCUT2D eigenvalue weighted by atomic mass is 10.1. The van der Waals surface area contributed by atoms with Crippen LogP contribution in [0.25, 0.3) is 0 Å². The van der Waals surface area contributed by atoms with Crippen LogP contribution in [-0.4, -0.2) is 22.3 Å². The van der Waals surface area contributed by atoms with E-state index in [1.165, 1.54) is 18.2 Å². The molecule has 1 aromatic carbocycles. The first-order valence-corrected chi connectivity index (χ1v) is 6.35. The van der Waals surface area contributed by atoms with Crippen LogP contribution >= 0.6 is 0 Å². The molecule has 104 valence electrons. The van der Waals surface area contributed by atoms with Gasteiger partial charge in [0.25, 0.3) is 5.91 Å². The summed E-state index contributed by atoms with van der Waals surface area (Å²) in [6, 6.07) is 7.94. The number of para-hydroxylation sites is 1. The Kier molecular flexibility index (Phi) is 4.30. The van der Waals surface area contributed by atoms with Crippen molar-refractivity contribution in [3.63, 3.8) is 0 Å². The molecule has 0 spiro atoms. The Morgan fingerprint density at radius 2 is 2.00 bits per heavy atom. The highest BCUT2D eigenvalue weighted by atomic mass is 19.1. The number of carbonyl (C=O) groups is 1. The molecule has 0 radical (unpaired) electrons. The maximum absolute atomic E-state index is 13.4. The van der Waals surface area contributed by atoms with Crippen LogP contribution in [0.5, 0.6) is 0 Å². The van der Waals surface area contributed by atoms with Gasteiger partial charge in [-0.25, -0.2) is 4.39 Å². The van der Waals surface area contributed by atoms with Gasteiger partial charge < -0.3 is 10.6 Å². The largest absolute Gasteiger partial charge is 0.396 e. The molecule has 20 heavy (non-hydrogen) atoms. The summed E-state index contributed by atoms with van der Waals surface area (Å²) in [5, 5.41) is 0. The molecule has 0 aliphatic rings. The summed E-state index contributed by atoms with van der Waals surface area (Å²) in [5.74, 6) is -0.850. The minimum atomic E-state index is -0.573. The quantitative estimate of drug-likeness (QED) is 0.870. The molecule has 0 atom stereocenters.